The van der Waals surface area contributed by atoms with Crippen LogP contribution in [0.5, 0.6) is 5.75 Å². The average molecular weight is 272 g/mol. The molecule has 0 aliphatic heterocycles. The largest absolute Gasteiger partial charge is 0.489 e. The van der Waals surface area contributed by atoms with Crippen LogP contribution >= 0.6 is 0 Å². The molecule has 0 heterocycles. The van der Waals surface area contributed by atoms with Gasteiger partial charge in [-0.1, -0.05) is 31.4 Å². The van der Waals surface area contributed by atoms with Crippen molar-refractivity contribution < 1.29 is 9.84 Å². The number of hydrogen-bond donors (Lipinski definition) is 1. The first kappa shape index (κ1) is 16.3. The van der Waals surface area contributed by atoms with E-state index in [-0.39, 0.29) is 0 Å². The van der Waals surface area contributed by atoms with Crippen LogP contribution in [0, 0.1) is 20.8 Å². The Morgan fingerprint density at radius 1 is 1.25 bits per heavy atom. The minimum atomic E-state index is -0.995. The van der Waals surface area contributed by atoms with Gasteiger partial charge in [0.2, 0.25) is 0 Å². The SMILES string of the molecule is C=CCOc1cc(C)c(/C=C/C(C)(O)C=C)c(C)c1C. The molecule has 0 aromatic heterocycles. The normalized spacial score (nSPS) is 14.1. The van der Waals surface area contributed by atoms with Crippen LogP contribution in [0.2, 0.25) is 0 Å². The highest BCUT2D eigenvalue weighted by Gasteiger charge is 2.12. The monoisotopic (exact) mass is 272 g/mol. The molecule has 0 aliphatic rings. The Labute approximate surface area is 122 Å². The van der Waals surface area contributed by atoms with Gasteiger partial charge < -0.3 is 9.84 Å². The van der Waals surface area contributed by atoms with Crippen LogP contribution in [0.4, 0.5) is 0 Å². The van der Waals surface area contributed by atoms with Crippen LogP contribution in [0.1, 0.15) is 29.2 Å². The van der Waals surface area contributed by atoms with E-state index in [9.17, 15) is 5.11 Å². The summed E-state index contributed by atoms with van der Waals surface area (Å²) < 4.78 is 5.66. The van der Waals surface area contributed by atoms with Gasteiger partial charge in [-0.2, -0.15) is 0 Å². The summed E-state index contributed by atoms with van der Waals surface area (Å²) in [5.41, 5.74) is 3.49. The van der Waals surface area contributed by atoms with E-state index in [1.54, 1.807) is 19.1 Å². The lowest BCUT2D eigenvalue weighted by Crippen LogP contribution is -2.15. The molecule has 1 N–H and O–H groups in total. The van der Waals surface area contributed by atoms with E-state index >= 15 is 0 Å². The van der Waals surface area contributed by atoms with Crippen molar-refractivity contribution in [1.82, 2.24) is 0 Å². The van der Waals surface area contributed by atoms with Crippen molar-refractivity contribution in [2.75, 3.05) is 6.61 Å². The lowest BCUT2D eigenvalue weighted by molar-refractivity contribution is 0.165. The van der Waals surface area contributed by atoms with Gasteiger partial charge in [0.15, 0.2) is 0 Å². The van der Waals surface area contributed by atoms with Gasteiger partial charge in [-0.15, -0.1) is 0 Å². The molecule has 1 aromatic rings. The van der Waals surface area contributed by atoms with Gasteiger partial charge in [0.25, 0.3) is 0 Å². The van der Waals surface area contributed by atoms with Crippen molar-refractivity contribution in [1.29, 1.82) is 0 Å². The number of rotatable bonds is 6. The van der Waals surface area contributed by atoms with E-state index in [0.29, 0.717) is 6.61 Å². The van der Waals surface area contributed by atoms with Crippen molar-refractivity contribution in [2.24, 2.45) is 0 Å². The molecule has 0 aliphatic carbocycles. The summed E-state index contributed by atoms with van der Waals surface area (Å²) in [7, 11) is 0. The number of benzene rings is 1. The molecule has 1 rings (SSSR count). The maximum Gasteiger partial charge on any atom is 0.123 e. The van der Waals surface area contributed by atoms with Crippen molar-refractivity contribution in [3.05, 3.63) is 59.7 Å². The fourth-order valence-electron chi connectivity index (χ4n) is 1.94. The van der Waals surface area contributed by atoms with Crippen molar-refractivity contribution >= 4 is 6.08 Å². The van der Waals surface area contributed by atoms with E-state index < -0.39 is 5.60 Å². The second kappa shape index (κ2) is 6.58. The molecular weight excluding hydrogens is 248 g/mol. The molecule has 0 amide bonds. The second-order valence-electron chi connectivity index (χ2n) is 5.22. The molecule has 2 nitrogen and oxygen atoms in total. The number of aryl methyl sites for hydroxylation is 1. The zero-order chi connectivity index (χ0) is 15.3. The highest BCUT2D eigenvalue weighted by Crippen LogP contribution is 2.29. The van der Waals surface area contributed by atoms with Crippen LogP contribution in [0.15, 0.2) is 37.5 Å². The Morgan fingerprint density at radius 3 is 2.45 bits per heavy atom. The molecule has 20 heavy (non-hydrogen) atoms. The summed E-state index contributed by atoms with van der Waals surface area (Å²) in [5.74, 6) is 0.882. The molecule has 0 bridgehead atoms. The molecule has 1 unspecified atom stereocenters. The minimum Gasteiger partial charge on any atom is -0.489 e. The van der Waals surface area contributed by atoms with E-state index in [1.807, 2.05) is 26.0 Å². The predicted octanol–water partition coefficient (Wildman–Crippen LogP) is 4.13. The summed E-state index contributed by atoms with van der Waals surface area (Å²) in [5, 5.41) is 9.97. The third kappa shape index (κ3) is 3.84. The number of hydrogen-bond acceptors (Lipinski definition) is 2. The minimum absolute atomic E-state index is 0.500. The Kier molecular flexibility index (Phi) is 5.34. The Bertz CT molecular complexity index is 537. The summed E-state index contributed by atoms with van der Waals surface area (Å²) in [6.45, 7) is 15.6. The molecule has 0 saturated carbocycles. The van der Waals surface area contributed by atoms with Crippen molar-refractivity contribution in [3.8, 4) is 5.75 Å². The molecule has 108 valence electrons. The Morgan fingerprint density at radius 2 is 1.90 bits per heavy atom. The smallest absolute Gasteiger partial charge is 0.123 e. The molecule has 1 aromatic carbocycles. The second-order valence-corrected chi connectivity index (χ2v) is 5.22. The van der Waals surface area contributed by atoms with E-state index in [1.165, 1.54) is 6.08 Å². The molecule has 0 spiro atoms. The topological polar surface area (TPSA) is 29.5 Å². The first-order valence-electron chi connectivity index (χ1n) is 6.72. The van der Waals surface area contributed by atoms with E-state index in [4.69, 9.17) is 4.74 Å². The summed E-state index contributed by atoms with van der Waals surface area (Å²) in [6, 6.07) is 2.02. The Balaban J connectivity index is 3.20. The molecule has 0 saturated heterocycles. The first-order chi connectivity index (χ1) is 9.32. The molecule has 0 radical (unpaired) electrons. The maximum absolute atomic E-state index is 9.97. The van der Waals surface area contributed by atoms with Crippen LogP contribution < -0.4 is 4.74 Å². The molecule has 1 atom stereocenters. The first-order valence-corrected chi connectivity index (χ1v) is 6.72. The third-order valence-electron chi connectivity index (χ3n) is 3.47. The zero-order valence-corrected chi connectivity index (χ0v) is 12.9. The van der Waals surface area contributed by atoms with Crippen LogP contribution in [-0.2, 0) is 0 Å². The molecule has 2 heteroatoms. The van der Waals surface area contributed by atoms with Gasteiger partial charge in [0.05, 0.1) is 5.60 Å². The van der Waals surface area contributed by atoms with Crippen LogP contribution in [-0.4, -0.2) is 17.3 Å². The zero-order valence-electron chi connectivity index (χ0n) is 12.9. The van der Waals surface area contributed by atoms with Gasteiger partial charge in [0, 0.05) is 0 Å². The summed E-state index contributed by atoms with van der Waals surface area (Å²) in [6.07, 6.45) is 6.94. The molecule has 0 fully saturated rings. The van der Waals surface area contributed by atoms with Gasteiger partial charge in [-0.05, 0) is 62.1 Å². The van der Waals surface area contributed by atoms with Crippen LogP contribution in [0.25, 0.3) is 6.08 Å². The number of ether oxygens (including phenoxy) is 1. The van der Waals surface area contributed by atoms with Gasteiger partial charge in [-0.25, -0.2) is 0 Å². The Hall–Kier alpha value is -1.80. The van der Waals surface area contributed by atoms with Gasteiger partial charge in [-0.3, -0.25) is 0 Å². The van der Waals surface area contributed by atoms with Crippen LogP contribution in [0.3, 0.4) is 0 Å². The molecular formula is C18H24O2. The quantitative estimate of drug-likeness (QED) is 0.789. The van der Waals surface area contributed by atoms with Crippen molar-refractivity contribution in [2.45, 2.75) is 33.3 Å². The predicted molar refractivity (Wildman–Crippen MR) is 86.2 cm³/mol. The summed E-state index contributed by atoms with van der Waals surface area (Å²) in [4.78, 5) is 0. The lowest BCUT2D eigenvalue weighted by atomic mass is 9.95. The third-order valence-corrected chi connectivity index (χ3v) is 3.47. The lowest BCUT2D eigenvalue weighted by Gasteiger charge is -2.17. The fraction of sp³-hybridized carbons (Fsp3) is 0.333. The highest BCUT2D eigenvalue weighted by molar-refractivity contribution is 5.63. The van der Waals surface area contributed by atoms with Crippen molar-refractivity contribution in [3.63, 3.8) is 0 Å². The average Bonchev–Trinajstić information content (AvgIpc) is 2.41. The van der Waals surface area contributed by atoms with E-state index in [2.05, 4.69) is 20.1 Å². The standard InChI is InChI=1S/C18H24O2/c1-7-11-20-17-12-13(3)16(14(4)15(17)5)9-10-18(6,19)8-2/h7-10,12,19H,1-2,11H2,3-6H3/b10-9+. The number of aliphatic hydroxyl groups is 1. The van der Waals surface area contributed by atoms with E-state index in [0.717, 1.165) is 28.0 Å². The highest BCUT2D eigenvalue weighted by atomic mass is 16.5. The maximum atomic E-state index is 9.97. The summed E-state index contributed by atoms with van der Waals surface area (Å²) >= 11 is 0. The fourth-order valence-corrected chi connectivity index (χ4v) is 1.94. The van der Waals surface area contributed by atoms with Gasteiger partial charge >= 0.3 is 0 Å². The van der Waals surface area contributed by atoms with Gasteiger partial charge in [0.1, 0.15) is 12.4 Å².